The SMILES string of the molecule is COc1ccc(OC[C@@H](C)NC(=O)COc2ccc(Br)cc2Cl)cc1. The monoisotopic (exact) mass is 427 g/mol. The number of hydrogen-bond donors (Lipinski definition) is 1. The summed E-state index contributed by atoms with van der Waals surface area (Å²) in [5, 5.41) is 3.25. The number of methoxy groups -OCH3 is 1. The van der Waals surface area contributed by atoms with Crippen LogP contribution < -0.4 is 19.5 Å². The smallest absolute Gasteiger partial charge is 0.258 e. The predicted octanol–water partition coefficient (Wildman–Crippen LogP) is 4.07. The van der Waals surface area contributed by atoms with Gasteiger partial charge in [-0.25, -0.2) is 0 Å². The quantitative estimate of drug-likeness (QED) is 0.688. The van der Waals surface area contributed by atoms with Crippen LogP contribution in [0.4, 0.5) is 0 Å². The van der Waals surface area contributed by atoms with Crippen molar-refractivity contribution in [3.8, 4) is 17.2 Å². The van der Waals surface area contributed by atoms with Gasteiger partial charge in [-0.2, -0.15) is 0 Å². The molecule has 2 aromatic carbocycles. The third-order valence-corrected chi connectivity index (χ3v) is 4.01. The van der Waals surface area contributed by atoms with E-state index in [2.05, 4.69) is 21.2 Å². The van der Waals surface area contributed by atoms with Crippen LogP contribution in [0.5, 0.6) is 17.2 Å². The van der Waals surface area contributed by atoms with Gasteiger partial charge in [-0.3, -0.25) is 4.79 Å². The molecule has 0 unspecified atom stereocenters. The number of rotatable bonds is 8. The van der Waals surface area contributed by atoms with Crippen molar-refractivity contribution >= 4 is 33.4 Å². The molecule has 0 saturated carbocycles. The van der Waals surface area contributed by atoms with E-state index in [1.165, 1.54) is 0 Å². The molecule has 2 rings (SSSR count). The molecule has 0 radical (unpaired) electrons. The minimum atomic E-state index is -0.246. The number of hydrogen-bond acceptors (Lipinski definition) is 4. The first-order valence-electron chi connectivity index (χ1n) is 7.62. The fourth-order valence-corrected chi connectivity index (χ4v) is 2.71. The van der Waals surface area contributed by atoms with Crippen molar-refractivity contribution in [1.82, 2.24) is 5.32 Å². The Bertz CT molecular complexity index is 709. The van der Waals surface area contributed by atoms with E-state index in [9.17, 15) is 4.79 Å². The van der Waals surface area contributed by atoms with Gasteiger partial charge in [0.1, 0.15) is 23.9 Å². The summed E-state index contributed by atoms with van der Waals surface area (Å²) in [5.41, 5.74) is 0. The third-order valence-electron chi connectivity index (χ3n) is 3.22. The first-order valence-corrected chi connectivity index (χ1v) is 8.79. The van der Waals surface area contributed by atoms with Crippen LogP contribution in [0.2, 0.25) is 5.02 Å². The lowest BCUT2D eigenvalue weighted by Gasteiger charge is -2.16. The summed E-state index contributed by atoms with van der Waals surface area (Å²) >= 11 is 9.36. The first kappa shape index (κ1) is 19.4. The van der Waals surface area contributed by atoms with Gasteiger partial charge in [0, 0.05) is 4.47 Å². The molecule has 0 aliphatic carbocycles. The molecule has 0 aliphatic rings. The predicted molar refractivity (Wildman–Crippen MR) is 101 cm³/mol. The van der Waals surface area contributed by atoms with Gasteiger partial charge in [0.05, 0.1) is 18.2 Å². The second-order valence-electron chi connectivity index (χ2n) is 5.32. The van der Waals surface area contributed by atoms with E-state index < -0.39 is 0 Å². The molecule has 1 amide bonds. The molecule has 0 aromatic heterocycles. The Labute approximate surface area is 160 Å². The second kappa shape index (κ2) is 9.53. The topological polar surface area (TPSA) is 56.8 Å². The highest BCUT2D eigenvalue weighted by Gasteiger charge is 2.10. The van der Waals surface area contributed by atoms with Crippen molar-refractivity contribution in [1.29, 1.82) is 0 Å². The zero-order valence-corrected chi connectivity index (χ0v) is 16.3. The number of nitrogens with one attached hydrogen (secondary N) is 1. The molecule has 1 N–H and O–H groups in total. The maximum absolute atomic E-state index is 11.9. The highest BCUT2D eigenvalue weighted by atomic mass is 79.9. The summed E-state index contributed by atoms with van der Waals surface area (Å²) in [6.45, 7) is 2.08. The number of carbonyl (C=O) groups is 1. The van der Waals surface area contributed by atoms with Crippen LogP contribution in [-0.2, 0) is 4.79 Å². The first-order chi connectivity index (χ1) is 12.0. The lowest BCUT2D eigenvalue weighted by molar-refractivity contribution is -0.123. The Kier molecular flexibility index (Phi) is 7.40. The molecule has 7 heteroatoms. The van der Waals surface area contributed by atoms with Crippen molar-refractivity contribution in [2.24, 2.45) is 0 Å². The highest BCUT2D eigenvalue weighted by molar-refractivity contribution is 9.10. The number of benzene rings is 2. The second-order valence-corrected chi connectivity index (χ2v) is 6.64. The Morgan fingerprint density at radius 2 is 1.84 bits per heavy atom. The molecule has 134 valence electrons. The fraction of sp³-hybridized carbons (Fsp3) is 0.278. The minimum absolute atomic E-state index is 0.117. The molecule has 0 spiro atoms. The van der Waals surface area contributed by atoms with Crippen LogP contribution in [0.15, 0.2) is 46.9 Å². The van der Waals surface area contributed by atoms with E-state index in [-0.39, 0.29) is 18.6 Å². The van der Waals surface area contributed by atoms with Crippen molar-refractivity contribution in [2.75, 3.05) is 20.3 Å². The van der Waals surface area contributed by atoms with E-state index in [1.807, 2.05) is 31.2 Å². The Morgan fingerprint density at radius 1 is 1.16 bits per heavy atom. The van der Waals surface area contributed by atoms with Crippen molar-refractivity contribution in [3.63, 3.8) is 0 Å². The van der Waals surface area contributed by atoms with E-state index >= 15 is 0 Å². The Morgan fingerprint density at radius 3 is 2.48 bits per heavy atom. The molecule has 5 nitrogen and oxygen atoms in total. The lowest BCUT2D eigenvalue weighted by atomic mass is 10.3. The van der Waals surface area contributed by atoms with Gasteiger partial charge in [-0.15, -0.1) is 0 Å². The molecule has 1 atom stereocenters. The Balaban J connectivity index is 1.73. The van der Waals surface area contributed by atoms with Gasteiger partial charge in [-0.1, -0.05) is 27.5 Å². The molecule has 0 saturated heterocycles. The highest BCUT2D eigenvalue weighted by Crippen LogP contribution is 2.27. The third kappa shape index (κ3) is 6.48. The van der Waals surface area contributed by atoms with E-state index in [0.29, 0.717) is 23.1 Å². The molecule has 25 heavy (non-hydrogen) atoms. The molecule has 0 aliphatic heterocycles. The van der Waals surface area contributed by atoms with Crippen LogP contribution in [0, 0.1) is 0 Å². The van der Waals surface area contributed by atoms with Crippen LogP contribution >= 0.6 is 27.5 Å². The van der Waals surface area contributed by atoms with Gasteiger partial charge in [0.15, 0.2) is 6.61 Å². The van der Waals surface area contributed by atoms with E-state index in [1.54, 1.807) is 25.3 Å². The number of ether oxygens (including phenoxy) is 3. The summed E-state index contributed by atoms with van der Waals surface area (Å²) in [6.07, 6.45) is 0. The summed E-state index contributed by atoms with van der Waals surface area (Å²) in [7, 11) is 1.61. The van der Waals surface area contributed by atoms with Crippen LogP contribution in [0.3, 0.4) is 0 Å². The Hall–Kier alpha value is -1.92. The average Bonchev–Trinajstić information content (AvgIpc) is 2.59. The lowest BCUT2D eigenvalue weighted by Crippen LogP contribution is -2.39. The number of amides is 1. The number of halogens is 2. The largest absolute Gasteiger partial charge is 0.497 e. The van der Waals surface area contributed by atoms with Crippen LogP contribution in [-0.4, -0.2) is 32.3 Å². The number of carbonyl (C=O) groups excluding carboxylic acids is 1. The van der Waals surface area contributed by atoms with Gasteiger partial charge in [0.2, 0.25) is 0 Å². The molecular formula is C18H19BrClNO4. The van der Waals surface area contributed by atoms with Gasteiger partial charge in [-0.05, 0) is 49.4 Å². The zero-order chi connectivity index (χ0) is 18.2. The summed E-state index contributed by atoms with van der Waals surface area (Å²) in [6, 6.07) is 12.3. The summed E-state index contributed by atoms with van der Waals surface area (Å²) in [4.78, 5) is 11.9. The van der Waals surface area contributed by atoms with Gasteiger partial charge in [0.25, 0.3) is 5.91 Å². The van der Waals surface area contributed by atoms with Crippen LogP contribution in [0.25, 0.3) is 0 Å². The molecule has 0 bridgehead atoms. The van der Waals surface area contributed by atoms with Gasteiger partial charge >= 0.3 is 0 Å². The molecule has 0 heterocycles. The standard InChI is InChI=1S/C18H19BrClNO4/c1-12(10-24-15-6-4-14(23-2)5-7-15)21-18(22)11-25-17-8-3-13(19)9-16(17)20/h3-9,12H,10-11H2,1-2H3,(H,21,22)/t12-/m1/s1. The molecular weight excluding hydrogens is 410 g/mol. The van der Waals surface area contributed by atoms with Crippen molar-refractivity contribution in [3.05, 3.63) is 52.0 Å². The van der Waals surface area contributed by atoms with E-state index in [0.717, 1.165) is 10.2 Å². The van der Waals surface area contributed by atoms with E-state index in [4.69, 9.17) is 25.8 Å². The average molecular weight is 429 g/mol. The normalized spacial score (nSPS) is 11.5. The van der Waals surface area contributed by atoms with Crippen molar-refractivity contribution < 1.29 is 19.0 Å². The zero-order valence-electron chi connectivity index (χ0n) is 13.9. The summed E-state index contributed by atoms with van der Waals surface area (Å²) < 4.78 is 17.0. The summed E-state index contributed by atoms with van der Waals surface area (Å²) in [5.74, 6) is 1.68. The minimum Gasteiger partial charge on any atom is -0.497 e. The molecule has 0 fully saturated rings. The van der Waals surface area contributed by atoms with Crippen LogP contribution in [0.1, 0.15) is 6.92 Å². The fourth-order valence-electron chi connectivity index (χ4n) is 1.99. The maximum Gasteiger partial charge on any atom is 0.258 e. The van der Waals surface area contributed by atoms with Crippen molar-refractivity contribution in [2.45, 2.75) is 13.0 Å². The molecule has 2 aromatic rings. The maximum atomic E-state index is 11.9. The van der Waals surface area contributed by atoms with Gasteiger partial charge < -0.3 is 19.5 Å².